The Hall–Kier alpha value is -2.48. The molecule has 1 aliphatic heterocycles. The Labute approximate surface area is 157 Å². The molecular formula is C19H25N5O3. The summed E-state index contributed by atoms with van der Waals surface area (Å²) in [6.45, 7) is 5.93. The largest absolute Gasteiger partial charge is 0.352 e. The highest BCUT2D eigenvalue weighted by Gasteiger charge is 2.40. The van der Waals surface area contributed by atoms with Crippen LogP contribution in [-0.2, 0) is 4.79 Å². The number of hydrogen-bond donors (Lipinski definition) is 2. The van der Waals surface area contributed by atoms with Gasteiger partial charge in [0, 0.05) is 30.2 Å². The quantitative estimate of drug-likeness (QED) is 0.841. The van der Waals surface area contributed by atoms with E-state index in [1.165, 1.54) is 0 Å². The fraction of sp³-hybridized carbons (Fsp3) is 0.579. The van der Waals surface area contributed by atoms with Gasteiger partial charge in [-0.05, 0) is 46.1 Å². The van der Waals surface area contributed by atoms with Gasteiger partial charge in [0.15, 0.2) is 0 Å². The van der Waals surface area contributed by atoms with Crippen molar-refractivity contribution < 1.29 is 14.1 Å². The highest BCUT2D eigenvalue weighted by molar-refractivity contribution is 6.07. The van der Waals surface area contributed by atoms with Crippen LogP contribution in [0.15, 0.2) is 10.6 Å². The molecule has 2 aliphatic rings. The maximum Gasteiger partial charge on any atom is 0.259 e. The molecule has 1 aliphatic carbocycles. The van der Waals surface area contributed by atoms with Gasteiger partial charge in [-0.15, -0.1) is 0 Å². The molecule has 2 amide bonds. The molecule has 27 heavy (non-hydrogen) atoms. The highest BCUT2D eigenvalue weighted by atomic mass is 16.5. The zero-order chi connectivity index (χ0) is 19.3. The van der Waals surface area contributed by atoms with Gasteiger partial charge in [-0.25, -0.2) is 4.98 Å². The van der Waals surface area contributed by atoms with Crippen molar-refractivity contribution in [2.24, 2.45) is 5.73 Å². The van der Waals surface area contributed by atoms with E-state index in [0.717, 1.165) is 18.5 Å². The molecule has 8 heteroatoms. The second-order valence-corrected chi connectivity index (χ2v) is 7.95. The maximum absolute atomic E-state index is 13.4. The Bertz CT molecular complexity index is 902. The van der Waals surface area contributed by atoms with E-state index in [1.807, 2.05) is 19.9 Å². The molecular weight excluding hydrogens is 346 g/mol. The van der Waals surface area contributed by atoms with E-state index in [0.29, 0.717) is 41.2 Å². The standard InChI is InChI=1S/C19H25N5O3/c1-9(2)21-17(25)15-6-12(20)8-24(15)19(26)13-7-14(11-4-5-11)22-18-16(13)10(3)23-27-18/h7,9,11-12,15H,4-6,8,20H2,1-3H3,(H,21,25)/t12-,15-/m0/s1. The molecule has 144 valence electrons. The number of hydrogen-bond acceptors (Lipinski definition) is 6. The number of rotatable bonds is 4. The molecule has 0 radical (unpaired) electrons. The molecule has 0 bridgehead atoms. The Kier molecular flexibility index (Phi) is 4.38. The number of pyridine rings is 1. The predicted octanol–water partition coefficient (Wildman–Crippen LogP) is 1.48. The van der Waals surface area contributed by atoms with Crippen LogP contribution in [0.2, 0.25) is 0 Å². The molecule has 2 aromatic rings. The number of carbonyl (C=O) groups excluding carboxylic acids is 2. The van der Waals surface area contributed by atoms with Gasteiger partial charge in [0.1, 0.15) is 6.04 Å². The molecule has 3 heterocycles. The molecule has 0 unspecified atom stereocenters. The number of aromatic nitrogens is 2. The van der Waals surface area contributed by atoms with E-state index in [2.05, 4.69) is 15.5 Å². The molecule has 8 nitrogen and oxygen atoms in total. The molecule has 1 saturated heterocycles. The van der Waals surface area contributed by atoms with Gasteiger partial charge in [-0.1, -0.05) is 5.16 Å². The zero-order valence-corrected chi connectivity index (χ0v) is 15.9. The second-order valence-electron chi connectivity index (χ2n) is 7.95. The normalized spacial score (nSPS) is 22.6. The maximum atomic E-state index is 13.4. The summed E-state index contributed by atoms with van der Waals surface area (Å²) in [5.41, 5.74) is 8.45. The first-order chi connectivity index (χ1) is 12.8. The first-order valence-corrected chi connectivity index (χ1v) is 9.49. The summed E-state index contributed by atoms with van der Waals surface area (Å²) in [5, 5.41) is 7.49. The predicted molar refractivity (Wildman–Crippen MR) is 99.2 cm³/mol. The number of likely N-dealkylation sites (tertiary alicyclic amines) is 1. The van der Waals surface area contributed by atoms with Crippen molar-refractivity contribution in [3.63, 3.8) is 0 Å². The van der Waals surface area contributed by atoms with Gasteiger partial charge in [0.2, 0.25) is 5.91 Å². The Balaban J connectivity index is 1.72. The van der Waals surface area contributed by atoms with Gasteiger partial charge < -0.3 is 20.5 Å². The number of fused-ring (bicyclic) bond motifs is 1. The number of amides is 2. The fourth-order valence-electron chi connectivity index (χ4n) is 3.75. The lowest BCUT2D eigenvalue weighted by Gasteiger charge is -2.25. The molecule has 2 atom stereocenters. The van der Waals surface area contributed by atoms with Crippen LogP contribution in [0.1, 0.15) is 60.8 Å². The lowest BCUT2D eigenvalue weighted by Crippen LogP contribution is -2.47. The molecule has 4 rings (SSSR count). The van der Waals surface area contributed by atoms with Gasteiger partial charge in [-0.2, -0.15) is 0 Å². The number of nitrogens with zero attached hydrogens (tertiary/aromatic N) is 3. The van der Waals surface area contributed by atoms with Crippen molar-refractivity contribution >= 4 is 22.9 Å². The monoisotopic (exact) mass is 371 g/mol. The smallest absolute Gasteiger partial charge is 0.259 e. The molecule has 2 aromatic heterocycles. The fourth-order valence-corrected chi connectivity index (χ4v) is 3.75. The van der Waals surface area contributed by atoms with E-state index >= 15 is 0 Å². The first kappa shape index (κ1) is 17.9. The zero-order valence-electron chi connectivity index (χ0n) is 15.9. The lowest BCUT2D eigenvalue weighted by molar-refractivity contribution is -0.125. The van der Waals surface area contributed by atoms with E-state index in [1.54, 1.807) is 11.8 Å². The van der Waals surface area contributed by atoms with Crippen LogP contribution in [0.25, 0.3) is 11.1 Å². The summed E-state index contributed by atoms with van der Waals surface area (Å²) < 4.78 is 5.33. The van der Waals surface area contributed by atoms with Crippen LogP contribution in [0, 0.1) is 6.92 Å². The first-order valence-electron chi connectivity index (χ1n) is 9.49. The number of carbonyl (C=O) groups is 2. The van der Waals surface area contributed by atoms with Crippen molar-refractivity contribution in [2.45, 2.75) is 64.1 Å². The molecule has 0 spiro atoms. The van der Waals surface area contributed by atoms with Crippen molar-refractivity contribution in [1.82, 2.24) is 20.4 Å². The van der Waals surface area contributed by atoms with Gasteiger partial charge in [0.25, 0.3) is 11.6 Å². The van der Waals surface area contributed by atoms with Gasteiger partial charge in [-0.3, -0.25) is 9.59 Å². The van der Waals surface area contributed by atoms with Crippen molar-refractivity contribution in [3.05, 3.63) is 23.0 Å². The summed E-state index contributed by atoms with van der Waals surface area (Å²) in [4.78, 5) is 32.2. The van der Waals surface area contributed by atoms with Crippen molar-refractivity contribution in [2.75, 3.05) is 6.54 Å². The third kappa shape index (κ3) is 3.29. The average molecular weight is 371 g/mol. The van der Waals surface area contributed by atoms with Crippen LogP contribution in [0.3, 0.4) is 0 Å². The van der Waals surface area contributed by atoms with Gasteiger partial charge in [0.05, 0.1) is 16.6 Å². The van der Waals surface area contributed by atoms with Crippen LogP contribution < -0.4 is 11.1 Å². The SMILES string of the molecule is Cc1noc2nc(C3CC3)cc(C(=O)N3C[C@@H](N)C[C@H]3C(=O)NC(C)C)c12. The Morgan fingerprint density at radius 1 is 1.37 bits per heavy atom. The number of nitrogens with one attached hydrogen (secondary N) is 1. The highest BCUT2D eigenvalue weighted by Crippen LogP contribution is 2.40. The third-order valence-electron chi connectivity index (χ3n) is 5.19. The molecule has 1 saturated carbocycles. The summed E-state index contributed by atoms with van der Waals surface area (Å²) in [6.07, 6.45) is 2.58. The molecule has 3 N–H and O–H groups in total. The Morgan fingerprint density at radius 2 is 2.11 bits per heavy atom. The number of nitrogens with two attached hydrogens (primary N) is 1. The van der Waals surface area contributed by atoms with Crippen LogP contribution in [0.4, 0.5) is 0 Å². The minimum absolute atomic E-state index is 0.000644. The summed E-state index contributed by atoms with van der Waals surface area (Å²) in [6, 6.07) is 1.05. The van der Waals surface area contributed by atoms with Crippen molar-refractivity contribution in [1.29, 1.82) is 0 Å². The van der Waals surface area contributed by atoms with Crippen LogP contribution >= 0.6 is 0 Å². The van der Waals surface area contributed by atoms with E-state index < -0.39 is 6.04 Å². The minimum atomic E-state index is -0.567. The second kappa shape index (κ2) is 6.60. The topological polar surface area (TPSA) is 114 Å². The van der Waals surface area contributed by atoms with E-state index in [4.69, 9.17) is 10.3 Å². The summed E-state index contributed by atoms with van der Waals surface area (Å²) in [7, 11) is 0. The summed E-state index contributed by atoms with van der Waals surface area (Å²) in [5.74, 6) is -0.0132. The Morgan fingerprint density at radius 3 is 2.78 bits per heavy atom. The van der Waals surface area contributed by atoms with Crippen LogP contribution in [-0.4, -0.2) is 51.5 Å². The van der Waals surface area contributed by atoms with Gasteiger partial charge >= 0.3 is 0 Å². The van der Waals surface area contributed by atoms with Crippen LogP contribution in [0.5, 0.6) is 0 Å². The molecule has 2 fully saturated rings. The number of aryl methyl sites for hydroxylation is 1. The van der Waals surface area contributed by atoms with Crippen molar-refractivity contribution in [3.8, 4) is 0 Å². The molecule has 0 aromatic carbocycles. The third-order valence-corrected chi connectivity index (χ3v) is 5.19. The summed E-state index contributed by atoms with van der Waals surface area (Å²) >= 11 is 0. The lowest BCUT2D eigenvalue weighted by atomic mass is 10.1. The minimum Gasteiger partial charge on any atom is -0.352 e. The van der Waals surface area contributed by atoms with E-state index in [-0.39, 0.29) is 23.9 Å². The van der Waals surface area contributed by atoms with E-state index in [9.17, 15) is 9.59 Å². The average Bonchev–Trinajstić information content (AvgIpc) is 3.30.